The van der Waals surface area contributed by atoms with Crippen LogP contribution in [0.4, 0.5) is 11.5 Å². The zero-order chi connectivity index (χ0) is 21.8. The molecule has 2 atom stereocenters. The van der Waals surface area contributed by atoms with Gasteiger partial charge in [-0.25, -0.2) is 0 Å². The number of nitrogens with zero attached hydrogens (tertiary/aromatic N) is 5. The largest absolute Gasteiger partial charge is 0.376 e. The number of rotatable bonds is 6. The number of hydrogen-bond donors (Lipinski definition) is 1. The molecular formula is C24H28N6O2. The molecular weight excluding hydrogens is 404 g/mol. The highest BCUT2D eigenvalue weighted by atomic mass is 16.5. The number of benzene rings is 1. The van der Waals surface area contributed by atoms with E-state index in [1.165, 1.54) is 6.42 Å². The third-order valence-corrected chi connectivity index (χ3v) is 6.22. The van der Waals surface area contributed by atoms with Crippen LogP contribution in [0.15, 0.2) is 55.0 Å². The highest BCUT2D eigenvalue weighted by molar-refractivity contribution is 5.93. The van der Waals surface area contributed by atoms with Crippen LogP contribution < -0.4 is 10.2 Å². The van der Waals surface area contributed by atoms with Crippen LogP contribution in [0.1, 0.15) is 25.7 Å². The van der Waals surface area contributed by atoms with Crippen molar-refractivity contribution in [2.24, 2.45) is 5.92 Å². The maximum Gasteiger partial charge on any atom is 0.229 e. The summed E-state index contributed by atoms with van der Waals surface area (Å²) >= 11 is 0. The van der Waals surface area contributed by atoms with Gasteiger partial charge >= 0.3 is 0 Å². The van der Waals surface area contributed by atoms with Crippen LogP contribution in [0.3, 0.4) is 0 Å². The first-order valence-corrected chi connectivity index (χ1v) is 11.3. The summed E-state index contributed by atoms with van der Waals surface area (Å²) in [5.41, 5.74) is 2.95. The Labute approximate surface area is 187 Å². The van der Waals surface area contributed by atoms with Gasteiger partial charge in [-0.05, 0) is 55.5 Å². The molecule has 0 bridgehead atoms. The van der Waals surface area contributed by atoms with E-state index < -0.39 is 0 Å². The Morgan fingerprint density at radius 3 is 2.81 bits per heavy atom. The first kappa shape index (κ1) is 20.6. The molecule has 2 aliphatic rings. The Kier molecular flexibility index (Phi) is 6.11. The molecule has 1 aromatic carbocycles. The number of ether oxygens (including phenoxy) is 1. The Morgan fingerprint density at radius 1 is 1.12 bits per heavy atom. The molecule has 2 aliphatic heterocycles. The van der Waals surface area contributed by atoms with E-state index in [4.69, 9.17) is 4.74 Å². The molecule has 32 heavy (non-hydrogen) atoms. The summed E-state index contributed by atoms with van der Waals surface area (Å²) in [6, 6.07) is 11.7. The van der Waals surface area contributed by atoms with E-state index in [0.29, 0.717) is 6.54 Å². The van der Waals surface area contributed by atoms with Crippen molar-refractivity contribution < 1.29 is 9.53 Å². The van der Waals surface area contributed by atoms with E-state index in [-0.39, 0.29) is 17.9 Å². The lowest BCUT2D eigenvalue weighted by Gasteiger charge is -2.22. The minimum Gasteiger partial charge on any atom is -0.376 e. The lowest BCUT2D eigenvalue weighted by molar-refractivity contribution is -0.119. The maximum absolute atomic E-state index is 12.7. The molecule has 166 valence electrons. The fourth-order valence-corrected chi connectivity index (χ4v) is 4.41. The number of carbonyl (C=O) groups is 1. The Balaban J connectivity index is 1.16. The predicted octanol–water partition coefficient (Wildman–Crippen LogP) is 3.37. The Morgan fingerprint density at radius 2 is 2.03 bits per heavy atom. The quantitative estimate of drug-likeness (QED) is 0.643. The summed E-state index contributed by atoms with van der Waals surface area (Å²) < 4.78 is 7.78. The van der Waals surface area contributed by atoms with Crippen LogP contribution in [0.25, 0.3) is 11.1 Å². The van der Waals surface area contributed by atoms with Crippen LogP contribution in [-0.2, 0) is 16.1 Å². The molecule has 3 aromatic rings. The van der Waals surface area contributed by atoms with E-state index >= 15 is 0 Å². The monoisotopic (exact) mass is 432 g/mol. The minimum atomic E-state index is -0.0584. The molecule has 4 heterocycles. The second-order valence-corrected chi connectivity index (χ2v) is 8.52. The Bertz CT molecular complexity index is 1030. The van der Waals surface area contributed by atoms with Crippen molar-refractivity contribution in [3.63, 3.8) is 0 Å². The molecule has 0 aliphatic carbocycles. The van der Waals surface area contributed by atoms with Gasteiger partial charge in [-0.1, -0.05) is 12.1 Å². The first-order chi connectivity index (χ1) is 15.7. The minimum absolute atomic E-state index is 0.0458. The summed E-state index contributed by atoms with van der Waals surface area (Å²) in [5, 5.41) is 15.6. The molecule has 8 nitrogen and oxygen atoms in total. The molecule has 1 unspecified atom stereocenters. The summed E-state index contributed by atoms with van der Waals surface area (Å²) in [7, 11) is 0. The number of anilines is 2. The fraction of sp³-hybridized carbons (Fsp3) is 0.417. The van der Waals surface area contributed by atoms with Gasteiger partial charge < -0.3 is 15.0 Å². The summed E-state index contributed by atoms with van der Waals surface area (Å²) in [4.78, 5) is 14.8. The fourth-order valence-electron chi connectivity index (χ4n) is 4.41. The van der Waals surface area contributed by atoms with Gasteiger partial charge in [0.25, 0.3) is 0 Å². The molecule has 0 radical (unpaired) electrons. The van der Waals surface area contributed by atoms with Crippen LogP contribution >= 0.6 is 0 Å². The molecule has 5 rings (SSSR count). The number of carbonyl (C=O) groups excluding carboxylic acids is 1. The summed E-state index contributed by atoms with van der Waals surface area (Å²) in [5.74, 6) is 0.809. The molecule has 2 aromatic heterocycles. The number of aromatic nitrogens is 4. The molecule has 0 saturated carbocycles. The zero-order valence-electron chi connectivity index (χ0n) is 18.1. The van der Waals surface area contributed by atoms with Crippen molar-refractivity contribution in [3.05, 3.63) is 55.0 Å². The maximum atomic E-state index is 12.7. The molecule has 1 N–H and O–H groups in total. The second-order valence-electron chi connectivity index (χ2n) is 8.52. The molecule has 0 spiro atoms. The van der Waals surface area contributed by atoms with E-state index in [1.807, 2.05) is 47.3 Å². The third kappa shape index (κ3) is 4.80. The van der Waals surface area contributed by atoms with Crippen molar-refractivity contribution >= 4 is 17.4 Å². The van der Waals surface area contributed by atoms with Crippen molar-refractivity contribution in [2.75, 3.05) is 29.9 Å². The van der Waals surface area contributed by atoms with E-state index in [0.717, 1.165) is 61.6 Å². The second kappa shape index (κ2) is 9.48. The van der Waals surface area contributed by atoms with E-state index in [1.54, 1.807) is 6.20 Å². The smallest absolute Gasteiger partial charge is 0.229 e. The summed E-state index contributed by atoms with van der Waals surface area (Å²) in [6.07, 6.45) is 10.2. The highest BCUT2D eigenvalue weighted by Gasteiger charge is 2.29. The normalized spacial score (nSPS) is 20.9. The first-order valence-electron chi connectivity index (χ1n) is 11.3. The molecule has 8 heteroatoms. The number of hydrogen-bond acceptors (Lipinski definition) is 6. The van der Waals surface area contributed by atoms with E-state index in [9.17, 15) is 4.79 Å². The Hall–Kier alpha value is -3.26. The topological polar surface area (TPSA) is 85.2 Å². The SMILES string of the molecule is O=C(Nc1ccc(-c2cnn(CC3CCCCO3)c2)cc1)[C@H]1CCN(c2cccnn2)C1. The molecule has 2 saturated heterocycles. The number of amides is 1. The van der Waals surface area contributed by atoms with Gasteiger partial charge in [0, 0.05) is 43.3 Å². The third-order valence-electron chi connectivity index (χ3n) is 6.22. The van der Waals surface area contributed by atoms with Crippen molar-refractivity contribution in [2.45, 2.75) is 38.3 Å². The molecule has 2 fully saturated rings. The lowest BCUT2D eigenvalue weighted by atomic mass is 10.1. The van der Waals surface area contributed by atoms with Crippen molar-refractivity contribution in [1.29, 1.82) is 0 Å². The van der Waals surface area contributed by atoms with Crippen LogP contribution in [0, 0.1) is 5.92 Å². The van der Waals surface area contributed by atoms with Crippen molar-refractivity contribution in [1.82, 2.24) is 20.0 Å². The van der Waals surface area contributed by atoms with Gasteiger partial charge in [-0.15, -0.1) is 5.10 Å². The average molecular weight is 433 g/mol. The predicted molar refractivity (Wildman–Crippen MR) is 122 cm³/mol. The van der Waals surface area contributed by atoms with Gasteiger partial charge in [0.1, 0.15) is 0 Å². The average Bonchev–Trinajstić information content (AvgIpc) is 3.51. The van der Waals surface area contributed by atoms with E-state index in [2.05, 4.69) is 31.7 Å². The standard InChI is InChI=1S/C24H28N6O2/c31-24(19-10-12-29(15-19)23-5-3-11-25-28-23)27-21-8-6-18(7-9-21)20-14-26-30(16-20)17-22-4-1-2-13-32-22/h3,5-9,11,14,16,19,22H,1-2,4,10,12-13,15,17H2,(H,27,31)/t19-,22?/m0/s1. The zero-order valence-corrected chi connectivity index (χ0v) is 18.1. The molecule has 1 amide bonds. The van der Waals surface area contributed by atoms with Gasteiger partial charge in [0.15, 0.2) is 5.82 Å². The van der Waals surface area contributed by atoms with Gasteiger partial charge in [0.05, 0.1) is 24.8 Å². The van der Waals surface area contributed by atoms with Gasteiger partial charge in [-0.2, -0.15) is 10.2 Å². The number of nitrogens with one attached hydrogen (secondary N) is 1. The van der Waals surface area contributed by atoms with Crippen molar-refractivity contribution in [3.8, 4) is 11.1 Å². The lowest BCUT2D eigenvalue weighted by Crippen LogP contribution is -2.27. The van der Waals surface area contributed by atoms with Crippen LogP contribution in [0.2, 0.25) is 0 Å². The van der Waals surface area contributed by atoms with Crippen LogP contribution in [0.5, 0.6) is 0 Å². The summed E-state index contributed by atoms with van der Waals surface area (Å²) in [6.45, 7) is 3.12. The van der Waals surface area contributed by atoms with Gasteiger partial charge in [0.2, 0.25) is 5.91 Å². The van der Waals surface area contributed by atoms with Crippen LogP contribution in [-0.4, -0.2) is 51.7 Å². The van der Waals surface area contributed by atoms with Gasteiger partial charge in [-0.3, -0.25) is 9.48 Å². The highest BCUT2D eigenvalue weighted by Crippen LogP contribution is 2.25.